The Hall–Kier alpha value is -1.57. The summed E-state index contributed by atoms with van der Waals surface area (Å²) in [4.78, 5) is 2.34. The number of nitrogens with zero attached hydrogens (tertiary/aromatic N) is 1. The monoisotopic (exact) mass is 277 g/mol. The van der Waals surface area contributed by atoms with Gasteiger partial charge in [0.2, 0.25) is 0 Å². The highest BCUT2D eigenvalue weighted by molar-refractivity contribution is 5.40. The van der Waals surface area contributed by atoms with Crippen LogP contribution in [0.4, 0.5) is 4.39 Å². The second kappa shape index (κ2) is 7.88. The quantitative estimate of drug-likeness (QED) is 0.855. The summed E-state index contributed by atoms with van der Waals surface area (Å²) in [6.07, 6.45) is 3.78. The normalized spacial score (nSPS) is 15.5. The van der Waals surface area contributed by atoms with Crippen LogP contribution in [-0.4, -0.2) is 42.9 Å². The number of ether oxygens (including phenoxy) is 1. The van der Waals surface area contributed by atoms with Gasteiger partial charge in [0.25, 0.3) is 0 Å². The standard InChI is InChI=1S/C16H20FNO2/c17-15-7-6-14(5-4-11-19)13-16(15)20-12-10-18-8-2-1-3-9-18/h6-7,13,19H,1-3,8-12H2. The lowest BCUT2D eigenvalue weighted by atomic mass is 10.1. The van der Waals surface area contributed by atoms with Crippen LogP contribution < -0.4 is 4.74 Å². The molecule has 1 N–H and O–H groups in total. The van der Waals surface area contributed by atoms with Gasteiger partial charge in [-0.2, -0.15) is 0 Å². The Morgan fingerprint density at radius 1 is 1.25 bits per heavy atom. The molecule has 1 aliphatic heterocycles. The fraction of sp³-hybridized carbons (Fsp3) is 0.500. The molecule has 4 heteroatoms. The van der Waals surface area contributed by atoms with Crippen LogP contribution in [0.3, 0.4) is 0 Å². The third-order valence-electron chi connectivity index (χ3n) is 3.36. The van der Waals surface area contributed by atoms with Crippen molar-refractivity contribution in [1.29, 1.82) is 0 Å². The molecule has 1 aromatic carbocycles. The lowest BCUT2D eigenvalue weighted by Crippen LogP contribution is -2.33. The van der Waals surface area contributed by atoms with E-state index in [4.69, 9.17) is 9.84 Å². The van der Waals surface area contributed by atoms with Gasteiger partial charge in [-0.15, -0.1) is 0 Å². The van der Waals surface area contributed by atoms with Crippen molar-refractivity contribution < 1.29 is 14.2 Å². The van der Waals surface area contributed by atoms with Crippen molar-refractivity contribution in [3.05, 3.63) is 29.6 Å². The highest BCUT2D eigenvalue weighted by atomic mass is 19.1. The molecule has 1 saturated heterocycles. The predicted octanol–water partition coefficient (Wildman–Crippen LogP) is 2.03. The topological polar surface area (TPSA) is 32.7 Å². The van der Waals surface area contributed by atoms with Gasteiger partial charge in [0.1, 0.15) is 13.2 Å². The smallest absolute Gasteiger partial charge is 0.165 e. The first-order valence-electron chi connectivity index (χ1n) is 7.04. The second-order valence-corrected chi connectivity index (χ2v) is 4.86. The number of hydrogen-bond donors (Lipinski definition) is 1. The fourth-order valence-electron chi connectivity index (χ4n) is 2.30. The molecule has 1 fully saturated rings. The Kier molecular flexibility index (Phi) is 5.85. The molecule has 0 spiro atoms. The SMILES string of the molecule is OCC#Cc1ccc(F)c(OCCN2CCCCC2)c1. The van der Waals surface area contributed by atoms with Crippen LogP contribution in [0.25, 0.3) is 0 Å². The van der Waals surface area contributed by atoms with Gasteiger partial charge in [-0.3, -0.25) is 4.90 Å². The summed E-state index contributed by atoms with van der Waals surface area (Å²) in [5.74, 6) is 5.13. The zero-order chi connectivity index (χ0) is 14.2. The zero-order valence-corrected chi connectivity index (χ0v) is 11.6. The van der Waals surface area contributed by atoms with E-state index >= 15 is 0 Å². The van der Waals surface area contributed by atoms with Gasteiger partial charge in [-0.25, -0.2) is 4.39 Å². The molecule has 0 aromatic heterocycles. The molecule has 0 radical (unpaired) electrons. The molecule has 20 heavy (non-hydrogen) atoms. The van der Waals surface area contributed by atoms with Gasteiger partial charge in [-0.05, 0) is 44.1 Å². The van der Waals surface area contributed by atoms with E-state index in [-0.39, 0.29) is 18.2 Å². The Labute approximate surface area is 119 Å². The van der Waals surface area contributed by atoms with Crippen LogP contribution >= 0.6 is 0 Å². The summed E-state index contributed by atoms with van der Waals surface area (Å²) in [7, 11) is 0. The molecule has 2 rings (SSSR count). The highest BCUT2D eigenvalue weighted by Gasteiger charge is 2.10. The minimum absolute atomic E-state index is 0.206. The van der Waals surface area contributed by atoms with E-state index in [2.05, 4.69) is 16.7 Å². The van der Waals surface area contributed by atoms with Gasteiger partial charge < -0.3 is 9.84 Å². The maximum atomic E-state index is 13.6. The summed E-state index contributed by atoms with van der Waals surface area (Å²) in [6.45, 7) is 3.31. The Bertz CT molecular complexity index is 487. The van der Waals surface area contributed by atoms with Crippen molar-refractivity contribution in [2.24, 2.45) is 0 Å². The maximum Gasteiger partial charge on any atom is 0.165 e. The number of rotatable bonds is 4. The molecule has 108 valence electrons. The van der Waals surface area contributed by atoms with Crippen molar-refractivity contribution in [3.63, 3.8) is 0 Å². The third-order valence-corrected chi connectivity index (χ3v) is 3.36. The van der Waals surface area contributed by atoms with Crippen LogP contribution in [0.5, 0.6) is 5.75 Å². The first-order chi connectivity index (χ1) is 9.79. The van der Waals surface area contributed by atoms with Crippen molar-refractivity contribution in [2.75, 3.05) is 32.8 Å². The molecule has 3 nitrogen and oxygen atoms in total. The molecule has 0 unspecified atom stereocenters. The zero-order valence-electron chi connectivity index (χ0n) is 11.6. The summed E-state index contributed by atoms with van der Waals surface area (Å²) in [6, 6.07) is 4.50. The fourth-order valence-corrected chi connectivity index (χ4v) is 2.30. The first kappa shape index (κ1) is 14.8. The molecule has 0 amide bonds. The molecule has 0 bridgehead atoms. The molecule has 0 atom stereocenters. The number of aliphatic hydroxyl groups excluding tert-OH is 1. The number of likely N-dealkylation sites (tertiary alicyclic amines) is 1. The molecule has 0 aliphatic carbocycles. The van der Waals surface area contributed by atoms with E-state index in [1.807, 2.05) is 0 Å². The van der Waals surface area contributed by atoms with Crippen LogP contribution in [0.1, 0.15) is 24.8 Å². The summed E-state index contributed by atoms with van der Waals surface area (Å²) in [5, 5.41) is 8.65. The van der Waals surface area contributed by atoms with Gasteiger partial charge in [0.15, 0.2) is 11.6 Å². The van der Waals surface area contributed by atoms with Gasteiger partial charge in [0, 0.05) is 12.1 Å². The number of aliphatic hydroxyl groups is 1. The van der Waals surface area contributed by atoms with E-state index in [9.17, 15) is 4.39 Å². The van der Waals surface area contributed by atoms with E-state index in [0.717, 1.165) is 19.6 Å². The molecule has 1 aromatic rings. The lowest BCUT2D eigenvalue weighted by molar-refractivity contribution is 0.180. The minimum atomic E-state index is -0.377. The van der Waals surface area contributed by atoms with E-state index in [1.165, 1.54) is 25.3 Å². The predicted molar refractivity (Wildman–Crippen MR) is 76.1 cm³/mol. The highest BCUT2D eigenvalue weighted by Crippen LogP contribution is 2.18. The van der Waals surface area contributed by atoms with Crippen molar-refractivity contribution in [3.8, 4) is 17.6 Å². The van der Waals surface area contributed by atoms with Crippen LogP contribution in [0.15, 0.2) is 18.2 Å². The largest absolute Gasteiger partial charge is 0.489 e. The molecule has 1 aliphatic rings. The van der Waals surface area contributed by atoms with Crippen LogP contribution in [-0.2, 0) is 0 Å². The molecular weight excluding hydrogens is 257 g/mol. The average molecular weight is 277 g/mol. The minimum Gasteiger partial charge on any atom is -0.489 e. The average Bonchev–Trinajstić information content (AvgIpc) is 2.49. The van der Waals surface area contributed by atoms with Crippen LogP contribution in [0, 0.1) is 17.7 Å². The third kappa shape index (κ3) is 4.52. The second-order valence-electron chi connectivity index (χ2n) is 4.86. The lowest BCUT2D eigenvalue weighted by Gasteiger charge is -2.26. The van der Waals surface area contributed by atoms with E-state index in [0.29, 0.717) is 12.2 Å². The number of halogens is 1. The van der Waals surface area contributed by atoms with E-state index < -0.39 is 0 Å². The summed E-state index contributed by atoms with van der Waals surface area (Å²) in [5.41, 5.74) is 0.647. The summed E-state index contributed by atoms with van der Waals surface area (Å²) >= 11 is 0. The number of benzene rings is 1. The van der Waals surface area contributed by atoms with Gasteiger partial charge in [-0.1, -0.05) is 18.3 Å². The van der Waals surface area contributed by atoms with Gasteiger partial charge >= 0.3 is 0 Å². The molecule has 1 heterocycles. The Morgan fingerprint density at radius 3 is 2.80 bits per heavy atom. The van der Waals surface area contributed by atoms with E-state index in [1.54, 1.807) is 12.1 Å². The Morgan fingerprint density at radius 2 is 2.05 bits per heavy atom. The molecule has 0 saturated carbocycles. The number of piperidine rings is 1. The first-order valence-corrected chi connectivity index (χ1v) is 7.04. The number of hydrogen-bond acceptors (Lipinski definition) is 3. The summed E-state index contributed by atoms with van der Waals surface area (Å²) < 4.78 is 19.1. The maximum absolute atomic E-state index is 13.6. The van der Waals surface area contributed by atoms with Crippen molar-refractivity contribution >= 4 is 0 Å². The van der Waals surface area contributed by atoms with Crippen molar-refractivity contribution in [2.45, 2.75) is 19.3 Å². The molecular formula is C16H20FNO2. The van der Waals surface area contributed by atoms with Gasteiger partial charge in [0.05, 0.1) is 0 Å². The Balaban J connectivity index is 1.87. The van der Waals surface area contributed by atoms with Crippen molar-refractivity contribution in [1.82, 2.24) is 4.90 Å². The van der Waals surface area contributed by atoms with Crippen LogP contribution in [0.2, 0.25) is 0 Å².